The number of nitrogens with zero attached hydrogens (tertiary/aromatic N) is 3. The summed E-state index contributed by atoms with van der Waals surface area (Å²) in [7, 11) is 0. The highest BCUT2D eigenvalue weighted by atomic mass is 19.1. The van der Waals surface area contributed by atoms with Crippen molar-refractivity contribution in [1.29, 1.82) is 0 Å². The van der Waals surface area contributed by atoms with E-state index in [9.17, 15) is 9.18 Å². The van der Waals surface area contributed by atoms with Gasteiger partial charge < -0.3 is 9.80 Å². The van der Waals surface area contributed by atoms with Gasteiger partial charge in [0.2, 0.25) is 5.91 Å². The minimum absolute atomic E-state index is 0.180. The highest BCUT2D eigenvalue weighted by Gasteiger charge is 2.34. The van der Waals surface area contributed by atoms with Gasteiger partial charge >= 0.3 is 0 Å². The van der Waals surface area contributed by atoms with E-state index in [4.69, 9.17) is 0 Å². The van der Waals surface area contributed by atoms with Crippen molar-refractivity contribution in [2.75, 3.05) is 44.2 Å². The number of piperidine rings is 1. The molecule has 1 aromatic carbocycles. The van der Waals surface area contributed by atoms with Crippen LogP contribution in [0.4, 0.5) is 10.1 Å². The summed E-state index contributed by atoms with van der Waals surface area (Å²) in [5.41, 5.74) is 1.10. The van der Waals surface area contributed by atoms with Crippen molar-refractivity contribution in [2.45, 2.75) is 38.1 Å². The van der Waals surface area contributed by atoms with Crippen molar-refractivity contribution in [1.82, 2.24) is 9.80 Å². The van der Waals surface area contributed by atoms with Gasteiger partial charge in [0.05, 0.1) is 0 Å². The monoisotopic (exact) mass is 345 g/mol. The number of carbonyl (C=O) groups is 1. The third kappa shape index (κ3) is 3.66. The Kier molecular flexibility index (Phi) is 4.93. The van der Waals surface area contributed by atoms with E-state index in [2.05, 4.69) is 14.7 Å². The molecule has 1 amide bonds. The van der Waals surface area contributed by atoms with Gasteiger partial charge in [0.15, 0.2) is 0 Å². The Labute approximate surface area is 149 Å². The van der Waals surface area contributed by atoms with Crippen LogP contribution in [0.5, 0.6) is 0 Å². The number of halogens is 1. The SMILES string of the molecule is O=C(C1CCC1)N1CCCC(N2CCN(c3ccc(F)cc3)CC2)C1. The normalized spacial score (nSPS) is 25.7. The third-order valence-electron chi connectivity index (χ3n) is 6.19. The fraction of sp³-hybridized carbons (Fsp3) is 0.650. The number of amides is 1. The molecule has 2 aliphatic heterocycles. The Morgan fingerprint density at radius 2 is 1.64 bits per heavy atom. The first-order chi connectivity index (χ1) is 12.2. The molecule has 0 spiro atoms. The van der Waals surface area contributed by atoms with E-state index >= 15 is 0 Å². The van der Waals surface area contributed by atoms with Gasteiger partial charge in [-0.15, -0.1) is 0 Å². The van der Waals surface area contributed by atoms with Gasteiger partial charge in [0, 0.05) is 56.9 Å². The molecule has 0 aromatic heterocycles. The standard InChI is InChI=1S/C20H28FN3O/c21-17-6-8-18(9-7-17)22-11-13-23(14-12-22)19-5-2-10-24(15-19)20(25)16-3-1-4-16/h6-9,16,19H,1-5,10-15H2. The van der Waals surface area contributed by atoms with Crippen molar-refractivity contribution in [2.24, 2.45) is 5.92 Å². The number of benzene rings is 1. The molecule has 0 bridgehead atoms. The third-order valence-corrected chi connectivity index (χ3v) is 6.19. The summed E-state index contributed by atoms with van der Waals surface area (Å²) in [6.45, 7) is 5.84. The molecule has 1 saturated carbocycles. The molecule has 25 heavy (non-hydrogen) atoms. The van der Waals surface area contributed by atoms with Crippen LogP contribution in [0.15, 0.2) is 24.3 Å². The van der Waals surface area contributed by atoms with Crippen LogP contribution in [0.25, 0.3) is 0 Å². The van der Waals surface area contributed by atoms with E-state index in [0.717, 1.165) is 64.2 Å². The number of carbonyl (C=O) groups excluding carboxylic acids is 1. The molecule has 1 aliphatic carbocycles. The molecule has 3 fully saturated rings. The molecule has 1 atom stereocenters. The molecule has 2 saturated heterocycles. The fourth-order valence-corrected chi connectivity index (χ4v) is 4.36. The van der Waals surface area contributed by atoms with Gasteiger partial charge in [-0.1, -0.05) is 6.42 Å². The van der Waals surface area contributed by atoms with Crippen molar-refractivity contribution in [3.8, 4) is 0 Å². The molecule has 0 radical (unpaired) electrons. The van der Waals surface area contributed by atoms with Crippen LogP contribution in [0, 0.1) is 11.7 Å². The Morgan fingerprint density at radius 1 is 0.920 bits per heavy atom. The summed E-state index contributed by atoms with van der Waals surface area (Å²) in [4.78, 5) is 19.6. The smallest absolute Gasteiger partial charge is 0.225 e. The van der Waals surface area contributed by atoms with E-state index < -0.39 is 0 Å². The number of piperazine rings is 1. The second-order valence-electron chi connectivity index (χ2n) is 7.71. The highest BCUT2D eigenvalue weighted by molar-refractivity contribution is 5.79. The van der Waals surface area contributed by atoms with Gasteiger partial charge in [-0.3, -0.25) is 9.69 Å². The first-order valence-corrected chi connectivity index (χ1v) is 9.74. The number of anilines is 1. The second kappa shape index (κ2) is 7.32. The maximum Gasteiger partial charge on any atom is 0.225 e. The summed E-state index contributed by atoms with van der Waals surface area (Å²) >= 11 is 0. The largest absolute Gasteiger partial charge is 0.369 e. The molecule has 3 aliphatic rings. The van der Waals surface area contributed by atoms with Crippen molar-refractivity contribution in [3.63, 3.8) is 0 Å². The summed E-state index contributed by atoms with van der Waals surface area (Å²) in [5.74, 6) is 0.538. The summed E-state index contributed by atoms with van der Waals surface area (Å²) in [6.07, 6.45) is 5.73. The van der Waals surface area contributed by atoms with Crippen molar-refractivity contribution < 1.29 is 9.18 Å². The zero-order valence-corrected chi connectivity index (χ0v) is 14.9. The lowest BCUT2D eigenvalue weighted by Crippen LogP contribution is -2.56. The van der Waals surface area contributed by atoms with Crippen LogP contribution >= 0.6 is 0 Å². The lowest BCUT2D eigenvalue weighted by Gasteiger charge is -2.45. The van der Waals surface area contributed by atoms with E-state index in [0.29, 0.717) is 17.9 Å². The summed E-state index contributed by atoms with van der Waals surface area (Å²) in [5, 5.41) is 0. The Balaban J connectivity index is 1.31. The Hall–Kier alpha value is -1.62. The molecule has 136 valence electrons. The topological polar surface area (TPSA) is 26.8 Å². The van der Waals surface area contributed by atoms with Gasteiger partial charge in [0.1, 0.15) is 5.82 Å². The summed E-state index contributed by atoms with van der Waals surface area (Å²) < 4.78 is 13.1. The first kappa shape index (κ1) is 16.8. The highest BCUT2D eigenvalue weighted by Crippen LogP contribution is 2.30. The van der Waals surface area contributed by atoms with Gasteiger partial charge in [-0.2, -0.15) is 0 Å². The van der Waals surface area contributed by atoms with Crippen molar-refractivity contribution >= 4 is 11.6 Å². The minimum Gasteiger partial charge on any atom is -0.369 e. The average molecular weight is 345 g/mol. The molecule has 4 nitrogen and oxygen atoms in total. The number of likely N-dealkylation sites (tertiary alicyclic amines) is 1. The molecule has 0 N–H and O–H groups in total. The lowest BCUT2D eigenvalue weighted by molar-refractivity contribution is -0.140. The number of hydrogen-bond acceptors (Lipinski definition) is 3. The summed E-state index contributed by atoms with van der Waals surface area (Å²) in [6, 6.07) is 7.31. The zero-order valence-electron chi connectivity index (χ0n) is 14.9. The van der Waals surface area contributed by atoms with Crippen LogP contribution < -0.4 is 4.90 Å². The molecule has 1 unspecified atom stereocenters. The van der Waals surface area contributed by atoms with Crippen molar-refractivity contribution in [3.05, 3.63) is 30.1 Å². The average Bonchev–Trinajstić information content (AvgIpc) is 2.61. The minimum atomic E-state index is -0.180. The van der Waals surface area contributed by atoms with Gasteiger partial charge in [-0.25, -0.2) is 4.39 Å². The number of rotatable bonds is 3. The zero-order chi connectivity index (χ0) is 17.2. The van der Waals surface area contributed by atoms with Crippen LogP contribution in [-0.2, 0) is 4.79 Å². The fourth-order valence-electron chi connectivity index (χ4n) is 4.36. The second-order valence-corrected chi connectivity index (χ2v) is 7.71. The lowest BCUT2D eigenvalue weighted by atomic mass is 9.84. The van der Waals surface area contributed by atoms with Crippen LogP contribution in [-0.4, -0.2) is 61.0 Å². The Morgan fingerprint density at radius 3 is 2.28 bits per heavy atom. The molecule has 2 heterocycles. The van der Waals surface area contributed by atoms with Crippen LogP contribution in [0.1, 0.15) is 32.1 Å². The predicted octanol–water partition coefficient (Wildman–Crippen LogP) is 2.74. The van der Waals surface area contributed by atoms with E-state index in [-0.39, 0.29) is 5.82 Å². The maximum absolute atomic E-state index is 13.1. The van der Waals surface area contributed by atoms with Gasteiger partial charge in [-0.05, 0) is 49.9 Å². The molecular formula is C20H28FN3O. The van der Waals surface area contributed by atoms with E-state index in [1.54, 1.807) is 0 Å². The molecule has 4 rings (SSSR count). The predicted molar refractivity (Wildman–Crippen MR) is 97.1 cm³/mol. The number of hydrogen-bond donors (Lipinski definition) is 0. The molecular weight excluding hydrogens is 317 g/mol. The maximum atomic E-state index is 13.1. The molecule has 1 aromatic rings. The van der Waals surface area contributed by atoms with E-state index in [1.165, 1.54) is 25.0 Å². The molecule has 5 heteroatoms. The Bertz CT molecular complexity index is 593. The van der Waals surface area contributed by atoms with Crippen LogP contribution in [0.3, 0.4) is 0 Å². The van der Waals surface area contributed by atoms with Crippen LogP contribution in [0.2, 0.25) is 0 Å². The quantitative estimate of drug-likeness (QED) is 0.843. The van der Waals surface area contributed by atoms with Gasteiger partial charge in [0.25, 0.3) is 0 Å². The first-order valence-electron chi connectivity index (χ1n) is 9.74. The van der Waals surface area contributed by atoms with E-state index in [1.807, 2.05) is 12.1 Å².